The van der Waals surface area contributed by atoms with Crippen LogP contribution in [0, 0.1) is 0 Å². The SMILES string of the molecule is c1cc(-c2ccc3oc4ccccc4c3c2)cc(-c2ccc3sc4nc5ccccc5nc4c3c2)c1. The summed E-state index contributed by atoms with van der Waals surface area (Å²) < 4.78 is 7.23. The molecule has 0 unspecified atom stereocenters. The fraction of sp³-hybridized carbons (Fsp3) is 0. The van der Waals surface area contributed by atoms with E-state index in [0.717, 1.165) is 48.7 Å². The molecule has 0 saturated heterocycles. The van der Waals surface area contributed by atoms with E-state index < -0.39 is 0 Å². The van der Waals surface area contributed by atoms with Gasteiger partial charge in [0.05, 0.1) is 11.0 Å². The Morgan fingerprint density at radius 3 is 2.03 bits per heavy atom. The van der Waals surface area contributed by atoms with Crippen LogP contribution in [0.1, 0.15) is 0 Å². The number of nitrogens with zero attached hydrogens (tertiary/aromatic N) is 2. The number of thiophene rings is 1. The summed E-state index contributed by atoms with van der Waals surface area (Å²) in [5, 5.41) is 3.45. The maximum atomic E-state index is 6.02. The Morgan fingerprint density at radius 2 is 1.17 bits per heavy atom. The van der Waals surface area contributed by atoms with Crippen LogP contribution in [0.3, 0.4) is 0 Å². The molecular formula is C32H18N2OS. The maximum absolute atomic E-state index is 6.02. The first kappa shape index (κ1) is 19.7. The largest absolute Gasteiger partial charge is 0.456 e. The van der Waals surface area contributed by atoms with Gasteiger partial charge in [-0.3, -0.25) is 0 Å². The van der Waals surface area contributed by atoms with Gasteiger partial charge in [-0.05, 0) is 70.8 Å². The molecule has 0 spiro atoms. The fourth-order valence-corrected chi connectivity index (χ4v) is 6.11. The van der Waals surface area contributed by atoms with Crippen LogP contribution >= 0.6 is 11.3 Å². The number of benzene rings is 5. The molecule has 8 aromatic rings. The molecule has 8 rings (SSSR count). The lowest BCUT2D eigenvalue weighted by Gasteiger charge is -2.07. The molecule has 0 aliphatic heterocycles. The van der Waals surface area contributed by atoms with Crippen molar-refractivity contribution in [2.45, 2.75) is 0 Å². The van der Waals surface area contributed by atoms with Crippen LogP contribution in [-0.4, -0.2) is 9.97 Å². The first-order chi connectivity index (χ1) is 17.8. The third-order valence-electron chi connectivity index (χ3n) is 6.89. The van der Waals surface area contributed by atoms with E-state index in [-0.39, 0.29) is 0 Å². The Balaban J connectivity index is 1.26. The molecule has 5 aromatic carbocycles. The second-order valence-corrected chi connectivity index (χ2v) is 10.1. The van der Waals surface area contributed by atoms with Gasteiger partial charge in [-0.25, -0.2) is 9.97 Å². The second kappa shape index (κ2) is 7.48. The minimum atomic E-state index is 0.916. The smallest absolute Gasteiger partial charge is 0.143 e. The zero-order valence-electron chi connectivity index (χ0n) is 19.1. The van der Waals surface area contributed by atoms with Crippen molar-refractivity contribution in [2.24, 2.45) is 0 Å². The van der Waals surface area contributed by atoms with Crippen molar-refractivity contribution >= 4 is 64.7 Å². The average molecular weight is 479 g/mol. The Morgan fingerprint density at radius 1 is 0.500 bits per heavy atom. The van der Waals surface area contributed by atoms with Gasteiger partial charge in [0.2, 0.25) is 0 Å². The summed E-state index contributed by atoms with van der Waals surface area (Å²) >= 11 is 1.70. The Bertz CT molecular complexity index is 2120. The number of hydrogen-bond acceptors (Lipinski definition) is 4. The molecule has 0 radical (unpaired) electrons. The third kappa shape index (κ3) is 2.98. The summed E-state index contributed by atoms with van der Waals surface area (Å²) in [6.45, 7) is 0. The molecular weight excluding hydrogens is 460 g/mol. The molecule has 0 aliphatic carbocycles. The van der Waals surface area contributed by atoms with Gasteiger partial charge in [-0.2, -0.15) is 0 Å². The molecule has 168 valence electrons. The van der Waals surface area contributed by atoms with Crippen molar-refractivity contribution in [2.75, 3.05) is 0 Å². The van der Waals surface area contributed by atoms with Gasteiger partial charge in [-0.1, -0.05) is 60.7 Å². The van der Waals surface area contributed by atoms with E-state index in [4.69, 9.17) is 14.4 Å². The molecule has 0 atom stereocenters. The van der Waals surface area contributed by atoms with E-state index in [1.54, 1.807) is 11.3 Å². The summed E-state index contributed by atoms with van der Waals surface area (Å²) in [4.78, 5) is 10.8. The van der Waals surface area contributed by atoms with Crippen LogP contribution in [0.4, 0.5) is 0 Å². The first-order valence-electron chi connectivity index (χ1n) is 11.9. The quantitative estimate of drug-likeness (QED) is 0.248. The van der Waals surface area contributed by atoms with Gasteiger partial charge in [-0.15, -0.1) is 11.3 Å². The summed E-state index contributed by atoms with van der Waals surface area (Å²) in [7, 11) is 0. The monoisotopic (exact) mass is 478 g/mol. The summed E-state index contributed by atoms with van der Waals surface area (Å²) in [5.74, 6) is 0. The fourth-order valence-electron chi connectivity index (χ4n) is 5.10. The van der Waals surface area contributed by atoms with Crippen molar-refractivity contribution < 1.29 is 4.42 Å². The molecule has 0 fully saturated rings. The molecule has 3 heterocycles. The highest BCUT2D eigenvalue weighted by Gasteiger charge is 2.12. The molecule has 0 bridgehead atoms. The van der Waals surface area contributed by atoms with E-state index in [1.807, 2.05) is 36.4 Å². The Kier molecular flexibility index (Phi) is 4.10. The van der Waals surface area contributed by atoms with Crippen LogP contribution in [0.2, 0.25) is 0 Å². The number of aromatic nitrogens is 2. The topological polar surface area (TPSA) is 38.9 Å². The highest BCUT2D eigenvalue weighted by atomic mass is 32.1. The number of hydrogen-bond donors (Lipinski definition) is 0. The Labute approximate surface area is 210 Å². The minimum absolute atomic E-state index is 0.916. The van der Waals surface area contributed by atoms with Crippen LogP contribution < -0.4 is 0 Å². The summed E-state index contributed by atoms with van der Waals surface area (Å²) in [6.07, 6.45) is 0. The molecule has 3 nitrogen and oxygen atoms in total. The molecule has 0 amide bonds. The van der Waals surface area contributed by atoms with Gasteiger partial charge in [0, 0.05) is 20.9 Å². The van der Waals surface area contributed by atoms with Crippen LogP contribution in [0.5, 0.6) is 0 Å². The second-order valence-electron chi connectivity index (χ2n) is 9.07. The third-order valence-corrected chi connectivity index (χ3v) is 7.94. The van der Waals surface area contributed by atoms with Gasteiger partial charge in [0.25, 0.3) is 0 Å². The minimum Gasteiger partial charge on any atom is -0.456 e. The van der Waals surface area contributed by atoms with Crippen molar-refractivity contribution in [3.63, 3.8) is 0 Å². The predicted octanol–water partition coefficient (Wildman–Crippen LogP) is 9.23. The zero-order valence-corrected chi connectivity index (χ0v) is 19.9. The highest BCUT2D eigenvalue weighted by Crippen LogP contribution is 2.37. The maximum Gasteiger partial charge on any atom is 0.143 e. The normalized spacial score (nSPS) is 11.9. The lowest BCUT2D eigenvalue weighted by atomic mass is 9.97. The van der Waals surface area contributed by atoms with Gasteiger partial charge >= 0.3 is 0 Å². The molecule has 0 aliphatic rings. The lowest BCUT2D eigenvalue weighted by Crippen LogP contribution is -1.84. The van der Waals surface area contributed by atoms with Gasteiger partial charge < -0.3 is 4.42 Å². The van der Waals surface area contributed by atoms with E-state index in [0.29, 0.717) is 0 Å². The number of rotatable bonds is 2. The number of fused-ring (bicyclic) bond motifs is 7. The van der Waals surface area contributed by atoms with Crippen molar-refractivity contribution in [1.29, 1.82) is 0 Å². The van der Waals surface area contributed by atoms with Crippen molar-refractivity contribution in [3.05, 3.63) is 109 Å². The number of para-hydroxylation sites is 3. The highest BCUT2D eigenvalue weighted by molar-refractivity contribution is 7.25. The summed E-state index contributed by atoms with van der Waals surface area (Å²) in [6, 6.07) is 38.1. The molecule has 36 heavy (non-hydrogen) atoms. The number of furan rings is 1. The lowest BCUT2D eigenvalue weighted by molar-refractivity contribution is 0.669. The first-order valence-corrected chi connectivity index (χ1v) is 12.7. The van der Waals surface area contributed by atoms with Gasteiger partial charge in [0.15, 0.2) is 0 Å². The van der Waals surface area contributed by atoms with E-state index in [9.17, 15) is 0 Å². The molecule has 0 saturated carbocycles. The van der Waals surface area contributed by atoms with E-state index >= 15 is 0 Å². The van der Waals surface area contributed by atoms with Crippen molar-refractivity contribution in [1.82, 2.24) is 9.97 Å². The predicted molar refractivity (Wildman–Crippen MR) is 151 cm³/mol. The molecule has 4 heteroatoms. The molecule has 3 aromatic heterocycles. The van der Waals surface area contributed by atoms with Crippen LogP contribution in [-0.2, 0) is 0 Å². The zero-order chi connectivity index (χ0) is 23.6. The van der Waals surface area contributed by atoms with E-state index in [1.165, 1.54) is 27.0 Å². The van der Waals surface area contributed by atoms with Crippen LogP contribution in [0.15, 0.2) is 114 Å². The van der Waals surface area contributed by atoms with Gasteiger partial charge in [0.1, 0.15) is 21.5 Å². The standard InChI is InChI=1S/C32H18N2OS/c1-4-11-28-23(8-1)24-17-21(12-14-29(24)35-28)19-6-5-7-20(16-19)22-13-15-30-25(18-22)31-32(36-30)34-27-10-3-2-9-26(27)33-31/h1-18H. The van der Waals surface area contributed by atoms with Crippen molar-refractivity contribution in [3.8, 4) is 22.3 Å². The molecule has 0 N–H and O–H groups in total. The van der Waals surface area contributed by atoms with E-state index in [2.05, 4.69) is 72.8 Å². The summed E-state index contributed by atoms with van der Waals surface area (Å²) in [5.41, 5.74) is 9.39. The average Bonchev–Trinajstić information content (AvgIpc) is 3.48. The van der Waals surface area contributed by atoms with Crippen LogP contribution in [0.25, 0.3) is 75.7 Å². The Hall–Kier alpha value is -4.54.